The summed E-state index contributed by atoms with van der Waals surface area (Å²) in [5.41, 5.74) is 2.04. The molecule has 132 valence electrons. The third-order valence-corrected chi connectivity index (χ3v) is 8.84. The van der Waals surface area contributed by atoms with Crippen molar-refractivity contribution in [2.75, 3.05) is 0 Å². The van der Waals surface area contributed by atoms with Crippen molar-refractivity contribution >= 4 is 5.97 Å². The Kier molecular flexibility index (Phi) is 3.13. The molecule has 1 N–H and O–H groups in total. The molecule has 8 atom stereocenters. The zero-order valence-corrected chi connectivity index (χ0v) is 15.0. The van der Waals surface area contributed by atoms with Gasteiger partial charge in [0.2, 0.25) is 0 Å². The first-order chi connectivity index (χ1) is 11.4. The van der Waals surface area contributed by atoms with Gasteiger partial charge in [0.1, 0.15) is 6.10 Å². The lowest BCUT2D eigenvalue weighted by molar-refractivity contribution is -0.151. The Morgan fingerprint density at radius 3 is 2.83 bits per heavy atom. The Labute approximate surface area is 144 Å². The lowest BCUT2D eigenvalue weighted by atomic mass is 9.48. The predicted molar refractivity (Wildman–Crippen MR) is 91.1 cm³/mol. The second kappa shape index (κ2) is 4.87. The minimum atomic E-state index is -0.125. The van der Waals surface area contributed by atoms with Crippen LogP contribution in [-0.2, 0) is 9.53 Å². The third kappa shape index (κ3) is 1.85. The summed E-state index contributed by atoms with van der Waals surface area (Å²) >= 11 is 0. The maximum absolute atomic E-state index is 11.8. The molecule has 3 nitrogen and oxygen atoms in total. The molecule has 3 saturated carbocycles. The minimum absolute atomic E-state index is 0.0332. The van der Waals surface area contributed by atoms with Crippen LogP contribution in [0.25, 0.3) is 0 Å². The van der Waals surface area contributed by atoms with Gasteiger partial charge in [0.15, 0.2) is 0 Å². The van der Waals surface area contributed by atoms with Gasteiger partial charge in [-0.3, -0.25) is 4.79 Å². The highest BCUT2D eigenvalue weighted by molar-refractivity contribution is 5.72. The summed E-state index contributed by atoms with van der Waals surface area (Å²) < 4.78 is 5.80. The van der Waals surface area contributed by atoms with Gasteiger partial charge in [0.25, 0.3) is 0 Å². The normalized spacial score (nSPS) is 55.8. The number of aliphatic hydroxyl groups is 1. The number of hydrogen-bond acceptors (Lipinski definition) is 3. The molecule has 4 aliphatic carbocycles. The molecular formula is C21H30O3. The third-order valence-electron chi connectivity index (χ3n) is 8.84. The maximum Gasteiger partial charge on any atom is 0.306 e. The van der Waals surface area contributed by atoms with E-state index in [2.05, 4.69) is 19.9 Å². The summed E-state index contributed by atoms with van der Waals surface area (Å²) in [4.78, 5) is 11.8. The van der Waals surface area contributed by atoms with Crippen molar-refractivity contribution in [1.82, 2.24) is 0 Å². The van der Waals surface area contributed by atoms with E-state index >= 15 is 0 Å². The largest absolute Gasteiger partial charge is 0.461 e. The topological polar surface area (TPSA) is 46.5 Å². The van der Waals surface area contributed by atoms with Crippen LogP contribution in [-0.4, -0.2) is 23.3 Å². The van der Waals surface area contributed by atoms with Crippen LogP contribution in [0.4, 0.5) is 0 Å². The minimum Gasteiger partial charge on any atom is -0.461 e. The molecule has 1 heterocycles. The molecule has 0 amide bonds. The molecule has 0 radical (unpaired) electrons. The van der Waals surface area contributed by atoms with Crippen molar-refractivity contribution in [1.29, 1.82) is 0 Å². The summed E-state index contributed by atoms with van der Waals surface area (Å²) in [5.74, 6) is 2.72. The highest BCUT2D eigenvalue weighted by atomic mass is 16.6. The summed E-state index contributed by atoms with van der Waals surface area (Å²) in [6.07, 6.45) is 11.0. The average Bonchev–Trinajstić information content (AvgIpc) is 3.03. The molecule has 24 heavy (non-hydrogen) atoms. The van der Waals surface area contributed by atoms with E-state index in [9.17, 15) is 9.90 Å². The lowest BCUT2D eigenvalue weighted by Gasteiger charge is -2.57. The van der Waals surface area contributed by atoms with Gasteiger partial charge < -0.3 is 9.84 Å². The van der Waals surface area contributed by atoms with Crippen LogP contribution in [0.3, 0.4) is 0 Å². The maximum atomic E-state index is 11.8. The monoisotopic (exact) mass is 330 g/mol. The highest BCUT2D eigenvalue weighted by Crippen LogP contribution is 2.67. The number of rotatable bonds is 0. The SMILES string of the molecule is C[C@]12CC[C@H]3[C@@H](CC=C4C[C@@H](O)CC[C@@]43C)[C@@H]1C[C@@H]1CC(=O)O[C@@H]12. The first-order valence-electron chi connectivity index (χ1n) is 9.99. The zero-order chi connectivity index (χ0) is 16.7. The fourth-order valence-electron chi connectivity index (χ4n) is 7.60. The van der Waals surface area contributed by atoms with Crippen molar-refractivity contribution in [3.05, 3.63) is 11.6 Å². The average molecular weight is 330 g/mol. The summed E-state index contributed by atoms with van der Waals surface area (Å²) in [5, 5.41) is 10.1. The van der Waals surface area contributed by atoms with Gasteiger partial charge in [0, 0.05) is 11.3 Å². The molecule has 0 spiro atoms. The highest BCUT2D eigenvalue weighted by Gasteiger charge is 2.63. The molecule has 0 aromatic rings. The van der Waals surface area contributed by atoms with E-state index in [1.54, 1.807) is 0 Å². The summed E-state index contributed by atoms with van der Waals surface area (Å²) in [6.45, 7) is 4.88. The van der Waals surface area contributed by atoms with Crippen molar-refractivity contribution < 1.29 is 14.6 Å². The van der Waals surface area contributed by atoms with Gasteiger partial charge in [-0.15, -0.1) is 0 Å². The van der Waals surface area contributed by atoms with E-state index in [1.165, 1.54) is 31.3 Å². The standard InChI is InChI=1S/C21H30O3/c1-20-7-5-14(22)11-13(20)3-4-15-16(20)6-8-21(2)17(15)9-12-10-18(23)24-19(12)21/h3,12,14-17,19,22H,4-11H2,1-2H3/t12-,14+,15-,16+,17+,19+,20+,21+/m1/s1. The van der Waals surface area contributed by atoms with Crippen LogP contribution >= 0.6 is 0 Å². The molecule has 5 rings (SSSR count). The Bertz CT molecular complexity index is 610. The Morgan fingerprint density at radius 2 is 2.00 bits per heavy atom. The number of carbonyl (C=O) groups excluding carboxylic acids is 1. The Morgan fingerprint density at radius 1 is 1.17 bits per heavy atom. The van der Waals surface area contributed by atoms with Crippen LogP contribution < -0.4 is 0 Å². The van der Waals surface area contributed by atoms with Crippen LogP contribution in [0, 0.1) is 34.5 Å². The van der Waals surface area contributed by atoms with Crippen molar-refractivity contribution in [3.63, 3.8) is 0 Å². The van der Waals surface area contributed by atoms with Crippen LogP contribution in [0.15, 0.2) is 11.6 Å². The van der Waals surface area contributed by atoms with Gasteiger partial charge in [0.05, 0.1) is 12.5 Å². The fraction of sp³-hybridized carbons (Fsp3) is 0.857. The molecule has 0 unspecified atom stereocenters. The van der Waals surface area contributed by atoms with E-state index in [-0.39, 0.29) is 23.6 Å². The fourth-order valence-corrected chi connectivity index (χ4v) is 7.60. The van der Waals surface area contributed by atoms with Gasteiger partial charge in [-0.2, -0.15) is 0 Å². The van der Waals surface area contributed by atoms with Crippen LogP contribution in [0.2, 0.25) is 0 Å². The predicted octanol–water partition coefficient (Wildman–Crippen LogP) is 3.85. The number of ether oxygens (including phenoxy) is 1. The van der Waals surface area contributed by atoms with E-state index in [1.807, 2.05) is 0 Å². The number of fused-ring (bicyclic) bond motifs is 7. The van der Waals surface area contributed by atoms with Crippen molar-refractivity contribution in [3.8, 4) is 0 Å². The molecule has 0 aromatic heterocycles. The molecule has 5 aliphatic rings. The summed E-state index contributed by atoms with van der Waals surface area (Å²) in [6, 6.07) is 0. The van der Waals surface area contributed by atoms with Gasteiger partial charge in [-0.25, -0.2) is 0 Å². The Balaban J connectivity index is 1.48. The molecular weight excluding hydrogens is 300 g/mol. The second-order valence-electron chi connectivity index (χ2n) is 9.81. The smallest absolute Gasteiger partial charge is 0.306 e. The molecule has 1 saturated heterocycles. The molecule has 1 aliphatic heterocycles. The van der Waals surface area contributed by atoms with Gasteiger partial charge in [-0.05, 0) is 68.1 Å². The number of esters is 1. The molecule has 0 aromatic carbocycles. The first kappa shape index (κ1) is 15.4. The number of allylic oxidation sites excluding steroid dienone is 1. The Hall–Kier alpha value is -0.830. The number of carbonyl (C=O) groups is 1. The molecule has 0 bridgehead atoms. The first-order valence-corrected chi connectivity index (χ1v) is 9.99. The molecule has 4 fully saturated rings. The number of aliphatic hydroxyl groups excluding tert-OH is 1. The van der Waals surface area contributed by atoms with Crippen LogP contribution in [0.1, 0.15) is 65.2 Å². The zero-order valence-electron chi connectivity index (χ0n) is 15.0. The molecule has 3 heteroatoms. The van der Waals surface area contributed by atoms with E-state index in [4.69, 9.17) is 4.74 Å². The van der Waals surface area contributed by atoms with E-state index in [0.29, 0.717) is 23.7 Å². The van der Waals surface area contributed by atoms with Gasteiger partial charge in [-0.1, -0.05) is 25.5 Å². The second-order valence-corrected chi connectivity index (χ2v) is 9.81. The number of hydrogen-bond donors (Lipinski definition) is 1. The quantitative estimate of drug-likeness (QED) is 0.542. The van der Waals surface area contributed by atoms with Gasteiger partial charge >= 0.3 is 5.97 Å². The van der Waals surface area contributed by atoms with E-state index < -0.39 is 0 Å². The summed E-state index contributed by atoms with van der Waals surface area (Å²) in [7, 11) is 0. The lowest BCUT2D eigenvalue weighted by Crippen LogP contribution is -2.51. The van der Waals surface area contributed by atoms with Crippen molar-refractivity contribution in [2.45, 2.75) is 77.4 Å². The van der Waals surface area contributed by atoms with Crippen molar-refractivity contribution in [2.24, 2.45) is 34.5 Å². The van der Waals surface area contributed by atoms with E-state index in [0.717, 1.165) is 31.1 Å². The van der Waals surface area contributed by atoms with Crippen LogP contribution in [0.5, 0.6) is 0 Å².